The van der Waals surface area contributed by atoms with E-state index in [1.807, 2.05) is 18.2 Å². The van der Waals surface area contributed by atoms with Gasteiger partial charge < -0.3 is 27.3 Å². The zero-order chi connectivity index (χ0) is 12.9. The first-order chi connectivity index (χ1) is 7.89. The van der Waals surface area contributed by atoms with E-state index in [1.165, 1.54) is 0 Å². The second-order valence-electron chi connectivity index (χ2n) is 4.56. The standard InChI is InChI=1S/C12H16N2O3.ClH/c1-14(2,9-12(16)17)8-11(15)13-10-6-4-3-5-7-10;/h3-7H,8-9H2,1-2H3,(H-,13,15,16,17);1H. The molecule has 0 aromatic heterocycles. The van der Waals surface area contributed by atoms with E-state index in [-0.39, 0.29) is 35.9 Å². The Hall–Kier alpha value is -1.59. The first-order valence-corrected chi connectivity index (χ1v) is 5.28. The Bertz CT molecular complexity index is 407. The first kappa shape index (κ1) is 16.4. The van der Waals surface area contributed by atoms with E-state index in [2.05, 4.69) is 5.32 Å². The summed E-state index contributed by atoms with van der Waals surface area (Å²) in [5.74, 6) is -1.11. The fourth-order valence-corrected chi connectivity index (χ4v) is 1.53. The minimum Gasteiger partial charge on any atom is -1.00 e. The molecule has 0 unspecified atom stereocenters. The van der Waals surface area contributed by atoms with Crippen molar-refractivity contribution in [2.24, 2.45) is 0 Å². The highest BCUT2D eigenvalue weighted by Crippen LogP contribution is 2.06. The summed E-state index contributed by atoms with van der Waals surface area (Å²) in [4.78, 5) is 22.3. The largest absolute Gasteiger partial charge is 1.00 e. The molecule has 0 spiro atoms. The molecular formula is C12H17ClN2O3. The molecule has 1 amide bonds. The van der Waals surface area contributed by atoms with Crippen LogP contribution in [0.4, 0.5) is 5.69 Å². The Balaban J connectivity index is 0.00000289. The van der Waals surface area contributed by atoms with Gasteiger partial charge in [0.25, 0.3) is 5.91 Å². The third kappa shape index (κ3) is 6.22. The maximum absolute atomic E-state index is 11.7. The van der Waals surface area contributed by atoms with Crippen molar-refractivity contribution in [3.8, 4) is 0 Å². The normalized spacial score (nSPS) is 10.3. The van der Waals surface area contributed by atoms with Gasteiger partial charge in [-0.3, -0.25) is 4.79 Å². The number of para-hydroxylation sites is 1. The van der Waals surface area contributed by atoms with Crippen LogP contribution in [0.5, 0.6) is 0 Å². The molecule has 0 aliphatic rings. The summed E-state index contributed by atoms with van der Waals surface area (Å²) in [6.07, 6.45) is 0. The smallest absolute Gasteiger partial charge is 0.359 e. The van der Waals surface area contributed by atoms with Crippen LogP contribution in [0.25, 0.3) is 0 Å². The van der Waals surface area contributed by atoms with E-state index in [9.17, 15) is 9.59 Å². The summed E-state index contributed by atoms with van der Waals surface area (Å²) in [6, 6.07) is 9.09. The van der Waals surface area contributed by atoms with Crippen molar-refractivity contribution < 1.29 is 31.6 Å². The van der Waals surface area contributed by atoms with Crippen LogP contribution in [-0.4, -0.2) is 48.7 Å². The number of nitrogens with zero attached hydrogens (tertiary/aromatic N) is 1. The van der Waals surface area contributed by atoms with E-state index >= 15 is 0 Å². The molecule has 0 atom stereocenters. The molecule has 1 aromatic carbocycles. The predicted octanol–water partition coefficient (Wildman–Crippen LogP) is -2.21. The van der Waals surface area contributed by atoms with Gasteiger partial charge in [0.05, 0.1) is 14.1 Å². The number of anilines is 1. The van der Waals surface area contributed by atoms with Crippen LogP contribution in [-0.2, 0) is 9.59 Å². The fraction of sp³-hybridized carbons (Fsp3) is 0.333. The van der Waals surface area contributed by atoms with Crippen molar-refractivity contribution in [1.29, 1.82) is 0 Å². The number of quaternary nitrogens is 1. The lowest BCUT2D eigenvalue weighted by molar-refractivity contribution is -0.874. The van der Waals surface area contributed by atoms with Crippen molar-refractivity contribution in [3.05, 3.63) is 30.3 Å². The van der Waals surface area contributed by atoms with Crippen molar-refractivity contribution in [3.63, 3.8) is 0 Å². The Labute approximate surface area is 112 Å². The number of amides is 1. The number of carbonyl (C=O) groups is 2. The summed E-state index contributed by atoms with van der Waals surface area (Å²) in [7, 11) is 3.41. The van der Waals surface area contributed by atoms with Crippen LogP contribution in [0.1, 0.15) is 0 Å². The van der Waals surface area contributed by atoms with Gasteiger partial charge in [-0.05, 0) is 12.1 Å². The Morgan fingerprint density at radius 3 is 2.22 bits per heavy atom. The van der Waals surface area contributed by atoms with Gasteiger partial charge >= 0.3 is 5.97 Å². The molecular weight excluding hydrogens is 256 g/mol. The third-order valence-electron chi connectivity index (χ3n) is 2.19. The van der Waals surface area contributed by atoms with Crippen molar-refractivity contribution in [2.75, 3.05) is 32.5 Å². The third-order valence-corrected chi connectivity index (χ3v) is 2.19. The van der Waals surface area contributed by atoms with Crippen molar-refractivity contribution >= 4 is 17.6 Å². The van der Waals surface area contributed by atoms with Crippen LogP contribution in [0.3, 0.4) is 0 Å². The second-order valence-corrected chi connectivity index (χ2v) is 4.56. The van der Waals surface area contributed by atoms with Gasteiger partial charge in [-0.1, -0.05) is 18.2 Å². The number of nitrogens with one attached hydrogen (secondary N) is 1. The van der Waals surface area contributed by atoms with Crippen LogP contribution in [0.15, 0.2) is 30.3 Å². The number of aliphatic carboxylic acids is 1. The molecule has 5 nitrogen and oxygen atoms in total. The average Bonchev–Trinajstić information content (AvgIpc) is 2.15. The maximum atomic E-state index is 11.7. The minimum atomic E-state index is -0.914. The highest BCUT2D eigenvalue weighted by Gasteiger charge is 2.23. The van der Waals surface area contributed by atoms with E-state index < -0.39 is 5.97 Å². The molecule has 2 N–H and O–H groups in total. The lowest BCUT2D eigenvalue weighted by atomic mass is 10.3. The molecule has 1 rings (SSSR count). The SMILES string of the molecule is C[N+](C)(CC(=O)O)CC(=O)Nc1ccccc1.[Cl-]. The van der Waals surface area contributed by atoms with Gasteiger partial charge in [-0.2, -0.15) is 0 Å². The van der Waals surface area contributed by atoms with Gasteiger partial charge in [-0.15, -0.1) is 0 Å². The lowest BCUT2D eigenvalue weighted by Gasteiger charge is -2.26. The number of carboxylic acids is 1. The number of halogens is 1. The molecule has 0 heterocycles. The Morgan fingerprint density at radius 1 is 1.17 bits per heavy atom. The highest BCUT2D eigenvalue weighted by molar-refractivity contribution is 5.91. The van der Waals surface area contributed by atoms with E-state index in [1.54, 1.807) is 26.2 Å². The molecule has 0 saturated carbocycles. The average molecular weight is 273 g/mol. The maximum Gasteiger partial charge on any atom is 0.359 e. The minimum absolute atomic E-state index is 0. The number of likely N-dealkylation sites (N-methyl/N-ethyl adjacent to an activating group) is 1. The molecule has 18 heavy (non-hydrogen) atoms. The second kappa shape index (κ2) is 6.98. The van der Waals surface area contributed by atoms with E-state index in [4.69, 9.17) is 5.11 Å². The van der Waals surface area contributed by atoms with Gasteiger partial charge in [-0.25, -0.2) is 4.79 Å². The predicted molar refractivity (Wildman–Crippen MR) is 64.5 cm³/mol. The fourth-order valence-electron chi connectivity index (χ4n) is 1.53. The van der Waals surface area contributed by atoms with Crippen molar-refractivity contribution in [1.82, 2.24) is 0 Å². The zero-order valence-corrected chi connectivity index (χ0v) is 11.1. The van der Waals surface area contributed by atoms with Crippen LogP contribution in [0.2, 0.25) is 0 Å². The summed E-state index contributed by atoms with van der Waals surface area (Å²) in [5.41, 5.74) is 0.716. The summed E-state index contributed by atoms with van der Waals surface area (Å²) < 4.78 is 0.119. The van der Waals surface area contributed by atoms with E-state index in [0.717, 1.165) is 0 Å². The summed E-state index contributed by atoms with van der Waals surface area (Å²) in [6.45, 7) is 0.0450. The topological polar surface area (TPSA) is 66.4 Å². The van der Waals surface area contributed by atoms with Crippen LogP contribution in [0, 0.1) is 0 Å². The molecule has 0 aliphatic carbocycles. The van der Waals surface area contributed by atoms with Crippen molar-refractivity contribution in [2.45, 2.75) is 0 Å². The Kier molecular flexibility index (Phi) is 6.36. The van der Waals surface area contributed by atoms with Gasteiger partial charge in [0.15, 0.2) is 13.1 Å². The molecule has 0 saturated heterocycles. The first-order valence-electron chi connectivity index (χ1n) is 5.28. The monoisotopic (exact) mass is 272 g/mol. The number of hydrogen-bond acceptors (Lipinski definition) is 2. The number of benzene rings is 1. The summed E-state index contributed by atoms with van der Waals surface area (Å²) >= 11 is 0. The highest BCUT2D eigenvalue weighted by atomic mass is 35.5. The molecule has 6 heteroatoms. The number of carbonyl (C=O) groups excluding carboxylic acids is 1. The number of carboxylic acid groups (broad SMARTS) is 1. The van der Waals surface area contributed by atoms with Crippen LogP contribution >= 0.6 is 0 Å². The van der Waals surface area contributed by atoms with E-state index in [0.29, 0.717) is 5.69 Å². The molecule has 1 aromatic rings. The van der Waals surface area contributed by atoms with Gasteiger partial charge in [0, 0.05) is 5.69 Å². The quantitative estimate of drug-likeness (QED) is 0.598. The molecule has 100 valence electrons. The number of rotatable bonds is 5. The lowest BCUT2D eigenvalue weighted by Crippen LogP contribution is -3.00. The zero-order valence-electron chi connectivity index (χ0n) is 10.4. The molecule has 0 fully saturated rings. The van der Waals surface area contributed by atoms with Gasteiger partial charge in [0.2, 0.25) is 0 Å². The molecule has 0 bridgehead atoms. The summed E-state index contributed by atoms with van der Waals surface area (Å²) in [5, 5.41) is 11.4. The number of hydrogen-bond donors (Lipinski definition) is 2. The van der Waals surface area contributed by atoms with Crippen LogP contribution < -0.4 is 17.7 Å². The molecule has 0 radical (unpaired) electrons. The van der Waals surface area contributed by atoms with Gasteiger partial charge in [0.1, 0.15) is 0 Å². The molecule has 0 aliphatic heterocycles. The Morgan fingerprint density at radius 2 is 1.72 bits per heavy atom.